The molecular weight excluding hydrogens is 191 g/mol. The summed E-state index contributed by atoms with van der Waals surface area (Å²) in [5, 5.41) is 0. The van der Waals surface area contributed by atoms with Gasteiger partial charge in [0.05, 0.1) is 0 Å². The van der Waals surface area contributed by atoms with Gasteiger partial charge in [-0.05, 0) is 0 Å². The number of halogens is 2. The predicted octanol–water partition coefficient (Wildman–Crippen LogP) is 2.75. The largest absolute Gasteiger partial charge is 0.166 e. The van der Waals surface area contributed by atoms with E-state index in [2.05, 4.69) is 35.9 Å². The first-order valence-corrected chi connectivity index (χ1v) is 7.28. The van der Waals surface area contributed by atoms with Gasteiger partial charge in [-0.1, -0.05) is 35.9 Å². The van der Waals surface area contributed by atoms with E-state index in [-0.39, 0.29) is 0 Å². The van der Waals surface area contributed by atoms with E-state index in [0.717, 1.165) is 0 Å². The van der Waals surface area contributed by atoms with Crippen molar-refractivity contribution < 1.29 is 0 Å². The van der Waals surface area contributed by atoms with Crippen molar-refractivity contribution in [1.29, 1.82) is 0 Å². The third-order valence-corrected chi connectivity index (χ3v) is 8.04. The summed E-state index contributed by atoms with van der Waals surface area (Å²) in [6.07, 6.45) is 0. The van der Waals surface area contributed by atoms with Crippen molar-refractivity contribution in [2.24, 2.45) is 0 Å². The van der Waals surface area contributed by atoms with Gasteiger partial charge in [-0.25, -0.2) is 0 Å². The molecule has 0 rings (SSSR count). The van der Waals surface area contributed by atoms with Crippen LogP contribution in [0.15, 0.2) is 0 Å². The van der Waals surface area contributed by atoms with Gasteiger partial charge in [-0.3, -0.25) is 0 Å². The first-order chi connectivity index (χ1) is 2.94. The molecule has 0 fully saturated rings. The fourth-order valence-corrected chi connectivity index (χ4v) is 0. The molecule has 0 aliphatic rings. The molecule has 1 unspecified atom stereocenters. The van der Waals surface area contributed by atoms with Crippen LogP contribution in [0.1, 0.15) is 6.92 Å². The minimum atomic E-state index is -1.35. The maximum absolute atomic E-state index is 5.96. The van der Waals surface area contributed by atoms with Crippen LogP contribution in [0.3, 0.4) is 0 Å². The van der Waals surface area contributed by atoms with Crippen molar-refractivity contribution in [2.45, 2.75) is 24.5 Å². The van der Waals surface area contributed by atoms with Crippen molar-refractivity contribution in [2.75, 3.05) is 0 Å². The van der Waals surface area contributed by atoms with Gasteiger partial charge in [0, 0.05) is 4.45 Å². The third-order valence-electron chi connectivity index (χ3n) is 0.946. The van der Waals surface area contributed by atoms with Crippen LogP contribution >= 0.6 is 27.0 Å². The van der Waals surface area contributed by atoms with Crippen molar-refractivity contribution in [1.82, 2.24) is 0 Å². The summed E-state index contributed by atoms with van der Waals surface area (Å²) in [6, 6.07) is 0. The van der Waals surface area contributed by atoms with E-state index in [9.17, 15) is 0 Å². The highest BCUT2D eigenvalue weighted by Gasteiger charge is 2.22. The molecule has 0 nitrogen and oxygen atoms in total. The van der Waals surface area contributed by atoms with E-state index in [4.69, 9.17) is 11.1 Å². The second-order valence-electron chi connectivity index (χ2n) is 2.18. The van der Waals surface area contributed by atoms with Crippen LogP contribution in [0, 0.1) is 0 Å². The molecular formula is C4H10BrClSi. The van der Waals surface area contributed by atoms with E-state index >= 15 is 0 Å². The fraction of sp³-hybridized carbons (Fsp3) is 1.00. The van der Waals surface area contributed by atoms with Gasteiger partial charge in [0.25, 0.3) is 0 Å². The highest BCUT2D eigenvalue weighted by atomic mass is 79.9. The second-order valence-corrected chi connectivity index (χ2v) is 11.3. The van der Waals surface area contributed by atoms with Crippen LogP contribution in [0.4, 0.5) is 0 Å². The SMILES string of the molecule is CC(Br)[Si](C)(C)Cl. The molecule has 0 aromatic rings. The maximum atomic E-state index is 5.96. The standard InChI is InChI=1S/C4H10BrClSi/c1-4(5)7(2,3)6/h4H,1-3H3. The summed E-state index contributed by atoms with van der Waals surface area (Å²) < 4.78 is 0.515. The van der Waals surface area contributed by atoms with Crippen molar-refractivity contribution in [3.05, 3.63) is 0 Å². The molecule has 3 heteroatoms. The topological polar surface area (TPSA) is 0 Å². The summed E-state index contributed by atoms with van der Waals surface area (Å²) in [7, 11) is -1.35. The predicted molar refractivity (Wildman–Crippen MR) is 41.7 cm³/mol. The summed E-state index contributed by atoms with van der Waals surface area (Å²) in [6.45, 7) is 6.33. The maximum Gasteiger partial charge on any atom is 0.163 e. The van der Waals surface area contributed by atoms with E-state index in [1.165, 1.54) is 0 Å². The van der Waals surface area contributed by atoms with Gasteiger partial charge >= 0.3 is 0 Å². The molecule has 0 bridgehead atoms. The van der Waals surface area contributed by atoms with E-state index in [0.29, 0.717) is 4.45 Å². The lowest BCUT2D eigenvalue weighted by atomic mass is 11.0. The summed E-state index contributed by atoms with van der Waals surface area (Å²) >= 11 is 9.38. The van der Waals surface area contributed by atoms with Crippen LogP contribution in [0.25, 0.3) is 0 Å². The molecule has 1 atom stereocenters. The monoisotopic (exact) mass is 200 g/mol. The summed E-state index contributed by atoms with van der Waals surface area (Å²) in [5.41, 5.74) is 0. The van der Waals surface area contributed by atoms with E-state index < -0.39 is 7.38 Å². The lowest BCUT2D eigenvalue weighted by Gasteiger charge is -2.14. The van der Waals surface area contributed by atoms with Crippen LogP contribution < -0.4 is 0 Å². The minimum absolute atomic E-state index is 0.515. The zero-order chi connectivity index (χ0) is 6.08. The molecule has 0 amide bonds. The Morgan fingerprint density at radius 2 is 1.71 bits per heavy atom. The van der Waals surface area contributed by atoms with Crippen molar-refractivity contribution >= 4 is 34.4 Å². The molecule has 0 saturated carbocycles. The Morgan fingerprint density at radius 1 is 1.57 bits per heavy atom. The van der Waals surface area contributed by atoms with Crippen LogP contribution in [-0.2, 0) is 0 Å². The zero-order valence-electron chi connectivity index (χ0n) is 4.83. The quantitative estimate of drug-likeness (QED) is 0.348. The Kier molecular flexibility index (Phi) is 2.86. The molecule has 0 aliphatic carbocycles. The molecule has 0 aromatic heterocycles. The second kappa shape index (κ2) is 2.51. The van der Waals surface area contributed by atoms with Gasteiger partial charge in [0.1, 0.15) is 0 Å². The summed E-state index contributed by atoms with van der Waals surface area (Å²) in [5.74, 6) is 0. The van der Waals surface area contributed by atoms with Crippen LogP contribution in [-0.4, -0.2) is 11.8 Å². The van der Waals surface area contributed by atoms with Gasteiger partial charge in [0.15, 0.2) is 7.38 Å². The number of rotatable bonds is 1. The fourth-order valence-electron chi connectivity index (χ4n) is 0. The molecule has 0 heterocycles. The smallest absolute Gasteiger partial charge is 0.163 e. The Morgan fingerprint density at radius 3 is 1.71 bits per heavy atom. The lowest BCUT2D eigenvalue weighted by Crippen LogP contribution is -2.27. The lowest BCUT2D eigenvalue weighted by molar-refractivity contribution is 1.36. The van der Waals surface area contributed by atoms with Crippen LogP contribution in [0.5, 0.6) is 0 Å². The van der Waals surface area contributed by atoms with Gasteiger partial charge < -0.3 is 0 Å². The number of hydrogen-bond acceptors (Lipinski definition) is 0. The Balaban J connectivity index is 3.54. The molecule has 0 aromatic carbocycles. The normalized spacial score (nSPS) is 16.7. The van der Waals surface area contributed by atoms with Gasteiger partial charge in [-0.15, -0.1) is 0 Å². The zero-order valence-corrected chi connectivity index (χ0v) is 8.18. The molecule has 44 valence electrons. The first kappa shape index (κ1) is 7.99. The molecule has 0 aliphatic heterocycles. The number of alkyl halides is 1. The minimum Gasteiger partial charge on any atom is -0.166 e. The first-order valence-electron chi connectivity index (χ1n) is 2.27. The third kappa shape index (κ3) is 3.56. The highest BCUT2D eigenvalue weighted by Crippen LogP contribution is 2.18. The van der Waals surface area contributed by atoms with Crippen molar-refractivity contribution in [3.63, 3.8) is 0 Å². The van der Waals surface area contributed by atoms with E-state index in [1.807, 2.05) is 0 Å². The molecule has 0 radical (unpaired) electrons. The van der Waals surface area contributed by atoms with Gasteiger partial charge in [0.2, 0.25) is 0 Å². The van der Waals surface area contributed by atoms with Crippen molar-refractivity contribution in [3.8, 4) is 0 Å². The number of hydrogen-bond donors (Lipinski definition) is 0. The summed E-state index contributed by atoms with van der Waals surface area (Å²) in [4.78, 5) is 0. The highest BCUT2D eigenvalue weighted by molar-refractivity contribution is 9.10. The Labute approximate surface area is 59.1 Å². The van der Waals surface area contributed by atoms with Crippen LogP contribution in [0.2, 0.25) is 13.1 Å². The Bertz CT molecular complexity index is 57.2. The molecule has 0 spiro atoms. The van der Waals surface area contributed by atoms with Gasteiger partial charge in [-0.2, -0.15) is 11.1 Å². The van der Waals surface area contributed by atoms with E-state index in [1.54, 1.807) is 0 Å². The average Bonchev–Trinajstić information content (AvgIpc) is 1.31. The molecule has 0 N–H and O–H groups in total. The molecule has 0 saturated heterocycles. The Hall–Kier alpha value is 0.987. The average molecular weight is 202 g/mol. The molecule has 7 heavy (non-hydrogen) atoms.